The van der Waals surface area contributed by atoms with Crippen LogP contribution in [0.1, 0.15) is 0 Å². The Labute approximate surface area is 72.0 Å². The van der Waals surface area contributed by atoms with Crippen molar-refractivity contribution < 1.29 is 51.4 Å². The summed E-state index contributed by atoms with van der Waals surface area (Å²) in [6, 6.07) is 0. The van der Waals surface area contributed by atoms with E-state index in [0.717, 1.165) is 0 Å². The van der Waals surface area contributed by atoms with Crippen LogP contribution in [0, 0.1) is 19.9 Å². The minimum absolute atomic E-state index is 0. The molecule has 0 bridgehead atoms. The molecule has 0 aromatic rings. The van der Waals surface area contributed by atoms with E-state index >= 15 is 0 Å². The van der Waals surface area contributed by atoms with Gasteiger partial charge in [0.15, 0.2) is 0 Å². The molecule has 0 spiro atoms. The maximum atomic E-state index is 9.69. The van der Waals surface area contributed by atoms with Crippen LogP contribution in [0.3, 0.4) is 0 Å². The minimum Gasteiger partial charge on any atom is -0.196 e. The predicted molar refractivity (Wildman–Crippen MR) is 18.2 cm³/mol. The van der Waals surface area contributed by atoms with Crippen molar-refractivity contribution >= 4 is 0 Å². The fourth-order valence-electron chi connectivity index (χ4n) is 0.126. The summed E-state index contributed by atoms with van der Waals surface area (Å²) in [4.78, 5) is 34.2. The summed E-state index contributed by atoms with van der Waals surface area (Å²) in [6.07, 6.45) is 0. The van der Waals surface area contributed by atoms with Crippen LogP contribution in [0.4, 0.5) is 0 Å². The third kappa shape index (κ3) is 8.69. The molecule has 1 N–H and O–H groups in total. The molecule has 0 atom stereocenters. The van der Waals surface area contributed by atoms with Crippen LogP contribution in [-0.4, -0.2) is 20.5 Å². The van der Waals surface area contributed by atoms with Crippen molar-refractivity contribution in [2.75, 3.05) is 0 Å². The molecule has 0 heterocycles. The average molecular weight is 350 g/mol. The van der Waals surface area contributed by atoms with Crippen LogP contribution in [0.2, 0.25) is 0 Å². The Morgan fingerprint density at radius 1 is 1.18 bits per heavy atom. The molecular weight excluding hydrogens is 349 g/mol. The Bertz CT molecular complexity index is 157. The van der Waals surface area contributed by atoms with E-state index in [2.05, 4.69) is 9.88 Å². The molecule has 0 amide bonds. The van der Waals surface area contributed by atoms with Gasteiger partial charge in [-0.15, -0.1) is 10.1 Å². The number of hydrogen-bond donors (Lipinski definition) is 1. The van der Waals surface area contributed by atoms with E-state index < -0.39 is 15.3 Å². The van der Waals surface area contributed by atoms with Gasteiger partial charge in [-0.05, 0) is 0 Å². The number of rotatable bonds is 4. The summed E-state index contributed by atoms with van der Waals surface area (Å²) < 4.78 is 0. The molecular formula is HN3O7Pt+2. The van der Waals surface area contributed by atoms with Gasteiger partial charge in [-0.3, -0.25) is 0 Å². The summed E-state index contributed by atoms with van der Waals surface area (Å²) in [6.45, 7) is 0. The molecule has 0 radical (unpaired) electrons. The van der Waals surface area contributed by atoms with Gasteiger partial charge in [0.25, 0.3) is 0 Å². The molecule has 0 saturated heterocycles. The number of nitrogens with zero attached hydrogens (tertiary/aromatic N) is 3. The molecule has 0 unspecified atom stereocenters. The van der Waals surface area contributed by atoms with E-state index in [0.29, 0.717) is 0 Å². The van der Waals surface area contributed by atoms with Crippen molar-refractivity contribution in [1.82, 2.24) is 0 Å². The Kier molecular flexibility index (Phi) is 6.15. The van der Waals surface area contributed by atoms with Gasteiger partial charge in [-0.1, -0.05) is 0 Å². The second-order valence-electron chi connectivity index (χ2n) is 0.848. The van der Waals surface area contributed by atoms with Crippen molar-refractivity contribution in [3.63, 3.8) is 0 Å². The molecule has 0 fully saturated rings. The van der Waals surface area contributed by atoms with Gasteiger partial charge in [0, 0.05) is 21.1 Å². The van der Waals surface area contributed by atoms with Crippen LogP contribution >= 0.6 is 0 Å². The summed E-state index contributed by atoms with van der Waals surface area (Å²) >= 11 is 0. The third-order valence-corrected chi connectivity index (χ3v) is 0.270. The van der Waals surface area contributed by atoms with Gasteiger partial charge in [-0.2, -0.15) is 5.21 Å². The van der Waals surface area contributed by atoms with Crippen molar-refractivity contribution in [3.8, 4) is 0 Å². The van der Waals surface area contributed by atoms with Crippen LogP contribution in [0.5, 0.6) is 0 Å². The van der Waals surface area contributed by atoms with Crippen LogP contribution in [0.15, 0.2) is 0 Å². The smallest absolute Gasteiger partial charge is 0.196 e. The normalized spacial score (nSPS) is 7.27. The largest absolute Gasteiger partial charge is 0.548 e. The van der Waals surface area contributed by atoms with Crippen molar-refractivity contribution in [1.29, 1.82) is 0 Å². The minimum atomic E-state index is -1.53. The van der Waals surface area contributed by atoms with Crippen LogP contribution < -0.4 is 0 Å². The van der Waals surface area contributed by atoms with E-state index in [1.807, 2.05) is 0 Å². The maximum absolute atomic E-state index is 9.69. The van der Waals surface area contributed by atoms with E-state index in [1.54, 1.807) is 0 Å². The molecule has 11 heteroatoms. The maximum Gasteiger partial charge on any atom is 0.548 e. The summed E-state index contributed by atoms with van der Waals surface area (Å²) in [5.41, 5.74) is 0. The molecule has 10 nitrogen and oxygen atoms in total. The topological polar surface area (TPSA) is 122 Å². The average Bonchev–Trinajstić information content (AvgIpc) is 1.58. The molecule has 0 aliphatic carbocycles. The molecule has 0 aliphatic heterocycles. The molecule has 0 saturated carbocycles. The van der Waals surface area contributed by atoms with Crippen molar-refractivity contribution in [3.05, 3.63) is 19.9 Å². The zero-order valence-corrected chi connectivity index (χ0v) is 6.83. The summed E-state index contributed by atoms with van der Waals surface area (Å²) in [5.74, 6) is 0. The zero-order chi connectivity index (χ0) is 8.15. The van der Waals surface area contributed by atoms with E-state index in [9.17, 15) is 19.9 Å². The van der Waals surface area contributed by atoms with Gasteiger partial charge < -0.3 is 0 Å². The molecule has 11 heavy (non-hydrogen) atoms. The monoisotopic (exact) mass is 350 g/mol. The van der Waals surface area contributed by atoms with Gasteiger partial charge >= 0.3 is 15.3 Å². The van der Waals surface area contributed by atoms with E-state index in [4.69, 9.17) is 5.21 Å². The first-order valence-corrected chi connectivity index (χ1v) is 1.66. The first-order valence-electron chi connectivity index (χ1n) is 1.66. The van der Waals surface area contributed by atoms with Gasteiger partial charge in [0.2, 0.25) is 4.94 Å². The molecule has 0 rings (SSSR count). The standard InChI is InChI=1S/HN3O7.Pt/c4-1(5)9-3(8)10-2(6)7;/h(H,4,5);/q+2;. The number of hydrogen-bond acceptors (Lipinski definition) is 6. The van der Waals surface area contributed by atoms with Crippen molar-refractivity contribution in [2.45, 2.75) is 0 Å². The Morgan fingerprint density at radius 3 is 1.91 bits per heavy atom. The predicted octanol–water partition coefficient (Wildman–Crippen LogP) is -1.10. The molecule has 0 aromatic heterocycles. The fourth-order valence-corrected chi connectivity index (χ4v) is 0.126. The third-order valence-electron chi connectivity index (χ3n) is 0.270. The summed E-state index contributed by atoms with van der Waals surface area (Å²) in [5, 5.41) is 12.8. The molecule has 0 aliphatic rings. The van der Waals surface area contributed by atoms with Gasteiger partial charge in [-0.25, -0.2) is 0 Å². The first-order chi connectivity index (χ1) is 4.52. The van der Waals surface area contributed by atoms with Crippen molar-refractivity contribution in [2.24, 2.45) is 0 Å². The van der Waals surface area contributed by atoms with Gasteiger partial charge in [0.1, 0.15) is 9.81 Å². The first kappa shape index (κ1) is 12.4. The second kappa shape index (κ2) is 5.47. The van der Waals surface area contributed by atoms with Gasteiger partial charge in [0.05, 0.1) is 4.94 Å². The SMILES string of the molecule is O=[N+]([O-])O[N+](=O)O[N+](=O)O.[Pt]. The Hall–Kier alpha value is -1.31. The molecule has 66 valence electrons. The summed E-state index contributed by atoms with van der Waals surface area (Å²) in [7, 11) is 0. The van der Waals surface area contributed by atoms with E-state index in [-0.39, 0.29) is 21.1 Å². The zero-order valence-electron chi connectivity index (χ0n) is 4.55. The van der Waals surface area contributed by atoms with Crippen LogP contribution in [0.25, 0.3) is 0 Å². The Morgan fingerprint density at radius 2 is 1.64 bits per heavy atom. The molecule has 0 aromatic carbocycles. The quantitative estimate of drug-likeness (QED) is 0.504. The van der Waals surface area contributed by atoms with E-state index in [1.165, 1.54) is 0 Å². The second-order valence-corrected chi connectivity index (χ2v) is 0.848. The fraction of sp³-hybridized carbons (Fsp3) is 0. The van der Waals surface area contributed by atoms with Crippen LogP contribution in [-0.2, 0) is 30.9 Å². The Balaban J connectivity index is 0.